The monoisotopic (exact) mass is 385 g/mol. The molecule has 1 aromatic carbocycles. The number of benzene rings is 1. The Labute approximate surface area is 160 Å². The number of carbonyl (C=O) groups excluding carboxylic acids is 1. The van der Waals surface area contributed by atoms with Gasteiger partial charge in [0.2, 0.25) is 0 Å². The van der Waals surface area contributed by atoms with Crippen LogP contribution in [0.1, 0.15) is 17.0 Å². The van der Waals surface area contributed by atoms with Gasteiger partial charge in [-0.2, -0.15) is 10.1 Å². The molecule has 3 heterocycles. The third-order valence-electron chi connectivity index (χ3n) is 4.85. The fraction of sp³-hybridized carbons (Fsp3) is 0.316. The number of thiazole rings is 1. The van der Waals surface area contributed by atoms with Gasteiger partial charge in [0.15, 0.2) is 4.80 Å². The number of aromatic nitrogens is 3. The molecule has 2 atom stereocenters. The summed E-state index contributed by atoms with van der Waals surface area (Å²) in [4.78, 5) is 17.8. The van der Waals surface area contributed by atoms with Gasteiger partial charge in [0.05, 0.1) is 18.7 Å². The molecule has 0 aliphatic carbocycles. The number of halogens is 1. The third kappa shape index (κ3) is 3.77. The van der Waals surface area contributed by atoms with Crippen molar-refractivity contribution in [3.8, 4) is 0 Å². The summed E-state index contributed by atoms with van der Waals surface area (Å²) in [6.07, 6.45) is 5.58. The first kappa shape index (κ1) is 17.8. The van der Waals surface area contributed by atoms with Crippen LogP contribution in [0.3, 0.4) is 0 Å². The van der Waals surface area contributed by atoms with E-state index < -0.39 is 0 Å². The SMILES string of the molecule is Cn1cc([C@H]2CNC[C@@H]2C(=O)N=c2sccn2Cc2ccccc2F)cn1. The number of nitrogens with one attached hydrogen (secondary N) is 1. The fourth-order valence-electron chi connectivity index (χ4n) is 3.41. The van der Waals surface area contributed by atoms with E-state index in [1.54, 1.807) is 29.1 Å². The summed E-state index contributed by atoms with van der Waals surface area (Å²) in [5.74, 6) is -0.572. The average molecular weight is 385 g/mol. The molecule has 1 N–H and O–H groups in total. The van der Waals surface area contributed by atoms with Crippen LogP contribution in [-0.4, -0.2) is 33.3 Å². The van der Waals surface area contributed by atoms with Crippen LogP contribution in [0.4, 0.5) is 4.39 Å². The van der Waals surface area contributed by atoms with E-state index in [9.17, 15) is 9.18 Å². The molecule has 1 aliphatic rings. The first-order chi connectivity index (χ1) is 13.1. The number of aryl methyl sites for hydroxylation is 1. The Kier molecular flexibility index (Phi) is 5.00. The van der Waals surface area contributed by atoms with Gasteiger partial charge in [0.1, 0.15) is 5.82 Å². The summed E-state index contributed by atoms with van der Waals surface area (Å²) in [5.41, 5.74) is 1.61. The minimum absolute atomic E-state index is 0.0648. The van der Waals surface area contributed by atoms with Crippen LogP contribution in [0.15, 0.2) is 53.2 Å². The lowest BCUT2D eigenvalue weighted by Gasteiger charge is -2.13. The summed E-state index contributed by atoms with van der Waals surface area (Å²) in [6, 6.07) is 6.64. The summed E-state index contributed by atoms with van der Waals surface area (Å²) >= 11 is 1.38. The molecular weight excluding hydrogens is 365 g/mol. The van der Waals surface area contributed by atoms with Crippen LogP contribution in [0.5, 0.6) is 0 Å². The Balaban J connectivity index is 1.58. The highest BCUT2D eigenvalue weighted by atomic mass is 32.1. The smallest absolute Gasteiger partial charge is 0.253 e. The van der Waals surface area contributed by atoms with E-state index in [1.807, 2.05) is 29.4 Å². The lowest BCUT2D eigenvalue weighted by molar-refractivity contribution is -0.121. The van der Waals surface area contributed by atoms with Gasteiger partial charge in [0, 0.05) is 49.4 Å². The third-order valence-corrected chi connectivity index (χ3v) is 5.64. The lowest BCUT2D eigenvalue weighted by atomic mass is 9.90. The van der Waals surface area contributed by atoms with Gasteiger partial charge < -0.3 is 9.88 Å². The van der Waals surface area contributed by atoms with Gasteiger partial charge >= 0.3 is 0 Å². The zero-order valence-corrected chi connectivity index (χ0v) is 15.7. The second-order valence-electron chi connectivity index (χ2n) is 6.67. The van der Waals surface area contributed by atoms with Crippen molar-refractivity contribution < 1.29 is 9.18 Å². The predicted octanol–water partition coefficient (Wildman–Crippen LogP) is 1.90. The number of rotatable bonds is 4. The highest BCUT2D eigenvalue weighted by Gasteiger charge is 2.34. The van der Waals surface area contributed by atoms with Crippen molar-refractivity contribution in [2.45, 2.75) is 12.5 Å². The summed E-state index contributed by atoms with van der Waals surface area (Å²) < 4.78 is 17.5. The van der Waals surface area contributed by atoms with Crippen LogP contribution >= 0.6 is 11.3 Å². The van der Waals surface area contributed by atoms with Gasteiger partial charge in [-0.3, -0.25) is 9.48 Å². The number of carbonyl (C=O) groups is 1. The number of amides is 1. The van der Waals surface area contributed by atoms with Crippen molar-refractivity contribution in [3.63, 3.8) is 0 Å². The molecule has 0 bridgehead atoms. The molecule has 8 heteroatoms. The molecule has 3 aromatic rings. The van der Waals surface area contributed by atoms with E-state index in [0.717, 1.165) is 12.1 Å². The van der Waals surface area contributed by atoms with Crippen LogP contribution in [0.2, 0.25) is 0 Å². The molecule has 6 nitrogen and oxygen atoms in total. The number of hydrogen-bond donors (Lipinski definition) is 1. The predicted molar refractivity (Wildman–Crippen MR) is 101 cm³/mol. The van der Waals surface area contributed by atoms with Gasteiger partial charge in [-0.1, -0.05) is 18.2 Å². The maximum atomic E-state index is 13.9. The summed E-state index contributed by atoms with van der Waals surface area (Å²) in [6.45, 7) is 1.68. The van der Waals surface area contributed by atoms with Crippen molar-refractivity contribution in [2.75, 3.05) is 13.1 Å². The molecule has 27 heavy (non-hydrogen) atoms. The molecular formula is C19H20FN5OS. The molecule has 1 fully saturated rings. The Morgan fingerprint density at radius 3 is 3.04 bits per heavy atom. The maximum Gasteiger partial charge on any atom is 0.253 e. The molecule has 0 saturated carbocycles. The first-order valence-corrected chi connectivity index (χ1v) is 9.65. The average Bonchev–Trinajstić information content (AvgIpc) is 3.38. The maximum absolute atomic E-state index is 13.9. The zero-order valence-electron chi connectivity index (χ0n) is 14.9. The second kappa shape index (κ2) is 7.58. The topological polar surface area (TPSA) is 64.2 Å². The standard InChI is InChI=1S/C19H20FN5OS/c1-24-11-14(8-22-24)15-9-21-10-16(15)18(26)23-19-25(6-7-27-19)12-13-4-2-3-5-17(13)20/h2-8,11,15-16,21H,9-10,12H2,1H3/t15-,16+/m1/s1. The van der Waals surface area contributed by atoms with Crippen LogP contribution in [0, 0.1) is 11.7 Å². The number of nitrogens with zero attached hydrogens (tertiary/aromatic N) is 4. The van der Waals surface area contributed by atoms with E-state index in [1.165, 1.54) is 17.4 Å². The lowest BCUT2D eigenvalue weighted by Crippen LogP contribution is -2.24. The minimum atomic E-state index is -0.259. The van der Waals surface area contributed by atoms with E-state index >= 15 is 0 Å². The van der Waals surface area contributed by atoms with Gasteiger partial charge in [-0.05, 0) is 11.6 Å². The molecule has 1 aliphatic heterocycles. The first-order valence-electron chi connectivity index (χ1n) is 8.77. The van der Waals surface area contributed by atoms with Gasteiger partial charge in [-0.15, -0.1) is 11.3 Å². The normalized spacial score (nSPS) is 20.3. The van der Waals surface area contributed by atoms with Crippen molar-refractivity contribution >= 4 is 17.2 Å². The Morgan fingerprint density at radius 1 is 1.41 bits per heavy atom. The van der Waals surface area contributed by atoms with Crippen LogP contribution in [0.25, 0.3) is 0 Å². The molecule has 1 saturated heterocycles. The molecule has 1 amide bonds. The van der Waals surface area contributed by atoms with Crippen molar-refractivity contribution in [2.24, 2.45) is 18.0 Å². The zero-order chi connectivity index (χ0) is 18.8. The van der Waals surface area contributed by atoms with Crippen molar-refractivity contribution in [1.82, 2.24) is 19.7 Å². The van der Waals surface area contributed by atoms with Crippen molar-refractivity contribution in [1.29, 1.82) is 0 Å². The molecule has 2 aromatic heterocycles. The Hall–Kier alpha value is -2.58. The largest absolute Gasteiger partial charge is 0.319 e. The quantitative estimate of drug-likeness (QED) is 0.746. The second-order valence-corrected chi connectivity index (χ2v) is 7.55. The van der Waals surface area contributed by atoms with E-state index in [0.29, 0.717) is 23.5 Å². The minimum Gasteiger partial charge on any atom is -0.319 e. The summed E-state index contributed by atoms with van der Waals surface area (Å²) in [5, 5.41) is 9.35. The number of hydrogen-bond acceptors (Lipinski definition) is 4. The Morgan fingerprint density at radius 2 is 2.26 bits per heavy atom. The van der Waals surface area contributed by atoms with E-state index in [2.05, 4.69) is 15.4 Å². The molecule has 0 radical (unpaired) electrons. The molecule has 0 spiro atoms. The molecule has 0 unspecified atom stereocenters. The fourth-order valence-corrected chi connectivity index (χ4v) is 4.15. The highest BCUT2D eigenvalue weighted by molar-refractivity contribution is 7.07. The van der Waals surface area contributed by atoms with Gasteiger partial charge in [-0.25, -0.2) is 4.39 Å². The van der Waals surface area contributed by atoms with Gasteiger partial charge in [0.25, 0.3) is 5.91 Å². The molecule has 140 valence electrons. The Bertz CT molecular complexity index is 1020. The van der Waals surface area contributed by atoms with Crippen molar-refractivity contribution in [3.05, 3.63) is 70.0 Å². The van der Waals surface area contributed by atoms with Crippen LogP contribution in [-0.2, 0) is 18.4 Å². The van der Waals surface area contributed by atoms with E-state index in [4.69, 9.17) is 0 Å². The van der Waals surface area contributed by atoms with Crippen LogP contribution < -0.4 is 10.1 Å². The highest BCUT2D eigenvalue weighted by Crippen LogP contribution is 2.28. The van der Waals surface area contributed by atoms with E-state index in [-0.39, 0.29) is 23.6 Å². The summed E-state index contributed by atoms with van der Waals surface area (Å²) in [7, 11) is 1.87. The molecule has 4 rings (SSSR count).